The number of esters is 1. The Morgan fingerprint density at radius 3 is 2.72 bits per heavy atom. The Balaban J connectivity index is 2.78. The standard InChI is InChI=1S/C14H27NO3/c1-4-7-12(13(16)18-5-2)14(17)8-6-10-15(3)11-9-14/h12,17H,4-11H2,1-3H3. The van der Waals surface area contributed by atoms with Crippen LogP contribution in [0.25, 0.3) is 0 Å². The van der Waals surface area contributed by atoms with Crippen molar-refractivity contribution in [2.45, 2.75) is 51.6 Å². The van der Waals surface area contributed by atoms with Crippen LogP contribution in [0.1, 0.15) is 46.0 Å². The van der Waals surface area contributed by atoms with Crippen molar-refractivity contribution in [3.05, 3.63) is 0 Å². The van der Waals surface area contributed by atoms with Crippen LogP contribution in [0.3, 0.4) is 0 Å². The third-order valence-electron chi connectivity index (χ3n) is 3.87. The van der Waals surface area contributed by atoms with Gasteiger partial charge in [-0.2, -0.15) is 0 Å². The number of carbonyl (C=O) groups excluding carboxylic acids is 1. The molecule has 0 amide bonds. The second kappa shape index (κ2) is 7.10. The zero-order valence-electron chi connectivity index (χ0n) is 11.9. The molecule has 1 saturated heterocycles. The summed E-state index contributed by atoms with van der Waals surface area (Å²) in [7, 11) is 2.06. The second-order valence-electron chi connectivity index (χ2n) is 5.35. The van der Waals surface area contributed by atoms with E-state index in [9.17, 15) is 9.90 Å². The molecule has 0 aromatic heterocycles. The minimum Gasteiger partial charge on any atom is -0.466 e. The number of hydrogen-bond acceptors (Lipinski definition) is 4. The maximum atomic E-state index is 12.0. The number of aliphatic hydroxyl groups is 1. The molecule has 4 heteroatoms. The van der Waals surface area contributed by atoms with Gasteiger partial charge in [-0.25, -0.2) is 0 Å². The third kappa shape index (κ3) is 3.95. The van der Waals surface area contributed by atoms with Crippen LogP contribution in [-0.2, 0) is 9.53 Å². The van der Waals surface area contributed by atoms with E-state index in [4.69, 9.17) is 4.74 Å². The summed E-state index contributed by atoms with van der Waals surface area (Å²) in [6.45, 7) is 6.07. The molecule has 1 aliphatic rings. The smallest absolute Gasteiger partial charge is 0.311 e. The molecule has 0 aliphatic carbocycles. The number of carbonyl (C=O) groups is 1. The lowest BCUT2D eigenvalue weighted by molar-refractivity contribution is -0.160. The number of hydrogen-bond donors (Lipinski definition) is 1. The molecule has 1 heterocycles. The van der Waals surface area contributed by atoms with Crippen molar-refractivity contribution in [2.75, 3.05) is 26.7 Å². The Morgan fingerprint density at radius 1 is 1.39 bits per heavy atom. The zero-order chi connectivity index (χ0) is 13.6. The van der Waals surface area contributed by atoms with Gasteiger partial charge in [-0.15, -0.1) is 0 Å². The first kappa shape index (κ1) is 15.4. The highest BCUT2D eigenvalue weighted by Crippen LogP contribution is 2.33. The normalized spacial score (nSPS) is 27.6. The number of likely N-dealkylation sites (tertiary alicyclic amines) is 1. The van der Waals surface area contributed by atoms with Gasteiger partial charge in [0.25, 0.3) is 0 Å². The number of nitrogens with zero attached hydrogens (tertiary/aromatic N) is 1. The van der Waals surface area contributed by atoms with Gasteiger partial charge in [0.15, 0.2) is 0 Å². The Hall–Kier alpha value is -0.610. The summed E-state index contributed by atoms with van der Waals surface area (Å²) in [6.07, 6.45) is 3.89. The van der Waals surface area contributed by atoms with E-state index >= 15 is 0 Å². The largest absolute Gasteiger partial charge is 0.466 e. The summed E-state index contributed by atoms with van der Waals surface area (Å²) >= 11 is 0. The van der Waals surface area contributed by atoms with Crippen LogP contribution < -0.4 is 0 Å². The second-order valence-corrected chi connectivity index (χ2v) is 5.35. The van der Waals surface area contributed by atoms with Crippen molar-refractivity contribution in [2.24, 2.45) is 5.92 Å². The fraction of sp³-hybridized carbons (Fsp3) is 0.929. The Labute approximate surface area is 110 Å². The van der Waals surface area contributed by atoms with E-state index in [0.717, 1.165) is 25.9 Å². The Bertz CT molecular complexity index is 270. The summed E-state index contributed by atoms with van der Waals surface area (Å²) in [5, 5.41) is 10.8. The first-order valence-corrected chi connectivity index (χ1v) is 7.11. The molecule has 0 bridgehead atoms. The molecule has 2 unspecified atom stereocenters. The van der Waals surface area contributed by atoms with Crippen molar-refractivity contribution < 1.29 is 14.6 Å². The lowest BCUT2D eigenvalue weighted by Crippen LogP contribution is -2.44. The molecular weight excluding hydrogens is 230 g/mol. The molecule has 0 spiro atoms. The lowest BCUT2D eigenvalue weighted by atomic mass is 9.79. The predicted octanol–water partition coefficient (Wildman–Crippen LogP) is 1.81. The number of rotatable bonds is 5. The van der Waals surface area contributed by atoms with Crippen LogP contribution in [-0.4, -0.2) is 48.3 Å². The molecule has 18 heavy (non-hydrogen) atoms. The average Bonchev–Trinajstić information content (AvgIpc) is 2.49. The monoisotopic (exact) mass is 257 g/mol. The molecule has 0 radical (unpaired) electrons. The van der Waals surface area contributed by atoms with Gasteiger partial charge in [0.1, 0.15) is 0 Å². The molecule has 0 saturated carbocycles. The fourth-order valence-electron chi connectivity index (χ4n) is 2.76. The van der Waals surface area contributed by atoms with Gasteiger partial charge in [-0.1, -0.05) is 13.3 Å². The van der Waals surface area contributed by atoms with Crippen molar-refractivity contribution in [3.63, 3.8) is 0 Å². The van der Waals surface area contributed by atoms with Crippen LogP contribution in [0, 0.1) is 5.92 Å². The highest BCUT2D eigenvalue weighted by molar-refractivity contribution is 5.73. The highest BCUT2D eigenvalue weighted by Gasteiger charge is 2.42. The van der Waals surface area contributed by atoms with Crippen LogP contribution in [0.2, 0.25) is 0 Å². The van der Waals surface area contributed by atoms with Crippen LogP contribution in [0.4, 0.5) is 0 Å². The highest BCUT2D eigenvalue weighted by atomic mass is 16.5. The van der Waals surface area contributed by atoms with E-state index in [2.05, 4.69) is 11.9 Å². The van der Waals surface area contributed by atoms with E-state index in [0.29, 0.717) is 25.9 Å². The molecule has 106 valence electrons. The first-order chi connectivity index (χ1) is 8.53. The summed E-state index contributed by atoms with van der Waals surface area (Å²) in [6, 6.07) is 0. The van der Waals surface area contributed by atoms with Gasteiger partial charge < -0.3 is 14.7 Å². The van der Waals surface area contributed by atoms with Crippen LogP contribution in [0.5, 0.6) is 0 Å². The molecule has 0 aromatic carbocycles. The Kier molecular flexibility index (Phi) is 6.09. The van der Waals surface area contributed by atoms with E-state index in [1.807, 2.05) is 13.8 Å². The summed E-state index contributed by atoms with van der Waals surface area (Å²) < 4.78 is 5.13. The quantitative estimate of drug-likeness (QED) is 0.763. The van der Waals surface area contributed by atoms with E-state index in [-0.39, 0.29) is 11.9 Å². The van der Waals surface area contributed by atoms with Crippen molar-refractivity contribution in [1.82, 2.24) is 4.90 Å². The van der Waals surface area contributed by atoms with Gasteiger partial charge in [0.2, 0.25) is 0 Å². The average molecular weight is 257 g/mol. The summed E-state index contributed by atoms with van der Waals surface area (Å²) in [5.41, 5.74) is -0.882. The van der Waals surface area contributed by atoms with Crippen molar-refractivity contribution in [1.29, 1.82) is 0 Å². The molecular formula is C14H27NO3. The third-order valence-corrected chi connectivity index (χ3v) is 3.87. The number of ether oxygens (including phenoxy) is 1. The van der Waals surface area contributed by atoms with Gasteiger partial charge in [-0.3, -0.25) is 4.79 Å². The predicted molar refractivity (Wildman–Crippen MR) is 71.3 cm³/mol. The molecule has 1 aliphatic heterocycles. The lowest BCUT2D eigenvalue weighted by Gasteiger charge is -2.34. The van der Waals surface area contributed by atoms with Crippen LogP contribution >= 0.6 is 0 Å². The first-order valence-electron chi connectivity index (χ1n) is 7.11. The van der Waals surface area contributed by atoms with Gasteiger partial charge >= 0.3 is 5.97 Å². The molecule has 1 N–H and O–H groups in total. The summed E-state index contributed by atoms with van der Waals surface area (Å²) in [5.74, 6) is -0.597. The van der Waals surface area contributed by atoms with Gasteiger partial charge in [-0.05, 0) is 46.2 Å². The zero-order valence-corrected chi connectivity index (χ0v) is 11.9. The minimum absolute atomic E-state index is 0.230. The minimum atomic E-state index is -0.882. The summed E-state index contributed by atoms with van der Waals surface area (Å²) in [4.78, 5) is 14.2. The molecule has 4 nitrogen and oxygen atoms in total. The topological polar surface area (TPSA) is 49.8 Å². The van der Waals surface area contributed by atoms with E-state index in [1.165, 1.54) is 0 Å². The molecule has 0 aromatic rings. The molecule has 1 fully saturated rings. The van der Waals surface area contributed by atoms with Crippen molar-refractivity contribution >= 4 is 5.97 Å². The fourth-order valence-corrected chi connectivity index (χ4v) is 2.76. The van der Waals surface area contributed by atoms with Crippen LogP contribution in [0.15, 0.2) is 0 Å². The Morgan fingerprint density at radius 2 is 2.11 bits per heavy atom. The van der Waals surface area contributed by atoms with Crippen molar-refractivity contribution in [3.8, 4) is 0 Å². The van der Waals surface area contributed by atoms with E-state index in [1.54, 1.807) is 0 Å². The van der Waals surface area contributed by atoms with Gasteiger partial charge in [0, 0.05) is 6.54 Å². The van der Waals surface area contributed by atoms with E-state index < -0.39 is 5.60 Å². The SMILES string of the molecule is CCCC(C(=O)OCC)C1(O)CCCN(C)CC1. The van der Waals surface area contributed by atoms with Gasteiger partial charge in [0.05, 0.1) is 18.1 Å². The maximum absolute atomic E-state index is 12.0. The maximum Gasteiger partial charge on any atom is 0.311 e. The molecule has 1 rings (SSSR count). The molecule has 2 atom stereocenters.